The summed E-state index contributed by atoms with van der Waals surface area (Å²) < 4.78 is 218. The predicted molar refractivity (Wildman–Crippen MR) is 470 cm³/mol. The van der Waals surface area contributed by atoms with E-state index in [1.54, 1.807) is 74.6 Å². The van der Waals surface area contributed by atoms with Gasteiger partial charge in [0.1, 0.15) is 58.5 Å². The van der Waals surface area contributed by atoms with Crippen molar-refractivity contribution in [3.05, 3.63) is 226 Å². The monoisotopic (exact) mass is 1940 g/mol. The van der Waals surface area contributed by atoms with Gasteiger partial charge in [-0.2, -0.15) is 73.7 Å². The Kier molecular flexibility index (Phi) is 47.5. The van der Waals surface area contributed by atoms with Crippen molar-refractivity contribution in [2.45, 2.75) is 211 Å². The quantitative estimate of drug-likeness (QED) is 0.0652. The van der Waals surface area contributed by atoms with Crippen LogP contribution in [0, 0.1) is 96.7 Å². The molecule has 20 nitrogen and oxygen atoms in total. The number of alkyl halides is 13. The number of piperidine rings is 3. The number of halogens is 18. The van der Waals surface area contributed by atoms with E-state index in [0.29, 0.717) is 66.4 Å². The molecule has 4 aromatic heterocycles. The average molecular weight is 1940 g/mol. The molecule has 0 bridgehead atoms. The van der Waals surface area contributed by atoms with Crippen molar-refractivity contribution in [1.29, 1.82) is 21.0 Å². The van der Waals surface area contributed by atoms with Crippen molar-refractivity contribution in [2.75, 3.05) is 39.3 Å². The number of rotatable bonds is 12. The number of nitrogens with zero attached hydrogens (tertiary/aromatic N) is 12. The van der Waals surface area contributed by atoms with Crippen LogP contribution in [0.1, 0.15) is 216 Å². The van der Waals surface area contributed by atoms with Gasteiger partial charge in [0.2, 0.25) is 0 Å². The third-order valence-corrected chi connectivity index (χ3v) is 20.9. The summed E-state index contributed by atoms with van der Waals surface area (Å²) in [7, 11) is 0. The third-order valence-electron chi connectivity index (χ3n) is 20.3. The summed E-state index contributed by atoms with van der Waals surface area (Å²) in [6, 6.07) is 27.5. The van der Waals surface area contributed by atoms with Gasteiger partial charge in [-0.05, 0) is 270 Å². The van der Waals surface area contributed by atoms with Gasteiger partial charge in [-0.25, -0.2) is 47.1 Å². The molecule has 7 heterocycles. The molecule has 12 rings (SSSR count). The molecule has 1 saturated carbocycles. The lowest BCUT2D eigenvalue weighted by Crippen LogP contribution is -2.45. The highest BCUT2D eigenvalue weighted by Crippen LogP contribution is 2.43. The third kappa shape index (κ3) is 35.7. The molecule has 131 heavy (non-hydrogen) atoms. The standard InChI is InChI=1S/C24H19F4N5O.C19H22F4N2O2.C14H14F4N2.C12H19NO2.C10H7N3O2.C8H5BrF4.6CH4.ClH/c25-19-4-3-17(24(26,27)28)12-16(19)13-23(14-29)6-10-33(11-7-23)22(34)18-2-1-8-31-21(18)20-5-9-30-15-32-20;1-17(2,3)27-16(26)25-8-6-18(12-24,7-9-25)11-13-10-14(19(21,22)23)4-5-15(13)20;15-12-2-1-11(14(16,17)18)7-10(12)8-13(9-19)3-5-20-6-4-13;1-12(2,3)15-11(14)10-6-4-9(8-13)5-7-10;14-10(15)7-2-1-4-12-9(7)8-3-5-11-6-13-8;9-4-5-3-6(8(11,12)13)1-2-7(5)10;;;;;;;/h1-5,8-9,12,15H,6-7,10-11,13H2;4-5,10H,6-9,11H2,1-3H3;1-2,7,20H,3-6,8H2;9-10H,4-7H2,1-3H3;1-6H,(H,14,15);1-3H,4H2;6*1H4;1H. The molecule has 4 fully saturated rings. The number of carboxylic acid groups (broad SMARTS) is 1. The van der Waals surface area contributed by atoms with Gasteiger partial charge in [0, 0.05) is 62.2 Å². The first-order valence-corrected chi connectivity index (χ1v) is 39.7. The van der Waals surface area contributed by atoms with Gasteiger partial charge in [-0.1, -0.05) is 60.5 Å². The Hall–Kier alpha value is -11.4. The molecule has 0 radical (unpaired) electrons. The highest BCUT2D eigenvalue weighted by molar-refractivity contribution is 9.08. The normalized spacial score (nSPS) is 15.8. The van der Waals surface area contributed by atoms with Crippen molar-refractivity contribution in [2.24, 2.45) is 28.1 Å². The summed E-state index contributed by atoms with van der Waals surface area (Å²) in [6.07, 6.45) is -4.85. The first kappa shape index (κ1) is 120. The van der Waals surface area contributed by atoms with Gasteiger partial charge < -0.3 is 29.7 Å². The van der Waals surface area contributed by atoms with Crippen LogP contribution >= 0.6 is 28.3 Å². The Balaban J connectivity index is 0.00000158. The van der Waals surface area contributed by atoms with Crippen LogP contribution < -0.4 is 5.32 Å². The molecule has 2 N–H and O–H groups in total. The zero-order valence-electron chi connectivity index (χ0n) is 68.3. The lowest BCUT2D eigenvalue weighted by Gasteiger charge is -2.38. The summed E-state index contributed by atoms with van der Waals surface area (Å²) >= 11 is 2.90. The van der Waals surface area contributed by atoms with E-state index >= 15 is 0 Å². The van der Waals surface area contributed by atoms with Crippen molar-refractivity contribution in [1.82, 2.24) is 45.0 Å². The van der Waals surface area contributed by atoms with Gasteiger partial charge in [0.05, 0.1) is 91.2 Å². The number of ether oxygens (including phenoxy) is 2. The minimum atomic E-state index is -4.61. The number of amides is 2. The molecule has 38 heteroatoms. The smallest absolute Gasteiger partial charge is 0.416 e. The van der Waals surface area contributed by atoms with Crippen LogP contribution in [0.2, 0.25) is 0 Å². The predicted octanol–water partition coefficient (Wildman–Crippen LogP) is 24.8. The second kappa shape index (κ2) is 52.0. The van der Waals surface area contributed by atoms with Crippen LogP contribution in [-0.2, 0) is 63.6 Å². The Morgan fingerprint density at radius 2 is 0.802 bits per heavy atom. The second-order valence-corrected chi connectivity index (χ2v) is 32.1. The maximum absolute atomic E-state index is 14.3. The van der Waals surface area contributed by atoms with Gasteiger partial charge in [0.25, 0.3) is 5.91 Å². The van der Waals surface area contributed by atoms with E-state index in [-0.39, 0.29) is 185 Å². The molecule has 716 valence electrons. The number of pyridine rings is 2. The maximum atomic E-state index is 14.3. The van der Waals surface area contributed by atoms with Gasteiger partial charge in [0.15, 0.2) is 0 Å². The van der Waals surface area contributed by atoms with E-state index < -0.39 is 110 Å². The summed E-state index contributed by atoms with van der Waals surface area (Å²) in [4.78, 5) is 75.0. The number of hydrogen-bond donors (Lipinski definition) is 2. The molecule has 1 aliphatic carbocycles. The molecule has 3 aliphatic heterocycles. The minimum absolute atomic E-state index is 0. The van der Waals surface area contributed by atoms with Crippen LogP contribution in [0.5, 0.6) is 0 Å². The molecule has 4 aromatic carbocycles. The topological polar surface area (TPSA) is 298 Å². The Morgan fingerprint density at radius 3 is 1.12 bits per heavy atom. The summed E-state index contributed by atoms with van der Waals surface area (Å²) in [5.41, 5.74) is -5.65. The van der Waals surface area contributed by atoms with E-state index in [0.717, 1.165) is 86.3 Å². The maximum Gasteiger partial charge on any atom is 0.416 e. The Morgan fingerprint density at radius 1 is 0.466 bits per heavy atom. The SMILES string of the molecule is C.C.C.C.C.C.CC(C)(C)OC(=O)C1CCC(C#N)CC1.CC(C)(C)OC(=O)N1CCC(C#N)(Cc2cc(C(F)(F)F)ccc2F)CC1.Cl.Fc1ccc(C(F)(F)F)cc1CBr.N#CC1(Cc2cc(C(F)(F)F)ccc2F)CCN(C(=O)c2cccnc2-c2ccncn2)CC1.N#CC1(Cc2cc(C(F)(F)F)ccc2F)CCNCC1.O=C(O)c1cccnc1-c1ccncn1. The number of esters is 1. The fourth-order valence-electron chi connectivity index (χ4n) is 13.5. The summed E-state index contributed by atoms with van der Waals surface area (Å²) in [5, 5.41) is 49.6. The molecule has 0 atom stereocenters. The number of aromatic nitrogens is 6. The summed E-state index contributed by atoms with van der Waals surface area (Å²) in [6.45, 7) is 13.0. The zero-order chi connectivity index (χ0) is 91.8. The lowest BCUT2D eigenvalue weighted by molar-refractivity contribution is -0.161. The van der Waals surface area contributed by atoms with Crippen LogP contribution in [0.4, 0.5) is 75.0 Å². The average Bonchev–Trinajstić information content (AvgIpc) is 0.792. The number of benzene rings is 4. The number of carbonyl (C=O) groups excluding carboxylic acids is 3. The first-order valence-electron chi connectivity index (χ1n) is 38.6. The number of carbonyl (C=O) groups is 4. The molecule has 0 unspecified atom stereocenters. The fraction of sp³-hybridized carbons (Fsp3) is 0.462. The number of nitrogens with one attached hydrogen (secondary N) is 1. The molecule has 4 aliphatic rings. The number of nitriles is 4. The zero-order valence-corrected chi connectivity index (χ0v) is 70.7. The fourth-order valence-corrected chi connectivity index (χ4v) is 13.9. The number of aromatic carboxylic acids is 1. The highest BCUT2D eigenvalue weighted by Gasteiger charge is 2.43. The Labute approximate surface area is 769 Å². The second-order valence-electron chi connectivity index (χ2n) is 31.6. The molecule has 0 spiro atoms. The van der Waals surface area contributed by atoms with Crippen LogP contribution in [-0.4, -0.2) is 119 Å². The molecular formula is C93H111BrClF16N13O7. The van der Waals surface area contributed by atoms with Gasteiger partial charge in [-0.3, -0.25) is 19.6 Å². The van der Waals surface area contributed by atoms with Crippen molar-refractivity contribution >= 4 is 52.3 Å². The Bertz CT molecular complexity index is 5140. The van der Waals surface area contributed by atoms with Crippen LogP contribution in [0.15, 0.2) is 147 Å². The van der Waals surface area contributed by atoms with Crippen LogP contribution in [0.3, 0.4) is 0 Å². The lowest BCUT2D eigenvalue weighted by atomic mass is 9.74. The van der Waals surface area contributed by atoms with E-state index in [4.69, 9.17) is 19.8 Å². The first-order chi connectivity index (χ1) is 58.1. The van der Waals surface area contributed by atoms with Gasteiger partial charge in [-0.15, -0.1) is 12.4 Å². The van der Waals surface area contributed by atoms with Gasteiger partial charge >= 0.3 is 42.7 Å². The van der Waals surface area contributed by atoms with E-state index in [2.05, 4.69) is 75.4 Å². The van der Waals surface area contributed by atoms with E-state index in [1.807, 2.05) is 20.8 Å². The molecule has 3 saturated heterocycles. The van der Waals surface area contributed by atoms with Crippen molar-refractivity contribution in [3.63, 3.8) is 0 Å². The highest BCUT2D eigenvalue weighted by atomic mass is 79.9. The van der Waals surface area contributed by atoms with Crippen molar-refractivity contribution < 1.29 is 104 Å². The number of hydrogen-bond acceptors (Lipinski definition) is 17. The summed E-state index contributed by atoms with van der Waals surface area (Å²) in [5.74, 6) is -4.14. The number of carboxylic acids is 1. The van der Waals surface area contributed by atoms with Crippen molar-refractivity contribution in [3.8, 4) is 47.1 Å². The van der Waals surface area contributed by atoms with E-state index in [9.17, 15) is 105 Å². The molecule has 8 aromatic rings. The van der Waals surface area contributed by atoms with Crippen LogP contribution in [0.25, 0.3) is 22.8 Å². The number of likely N-dealkylation sites (tertiary alicyclic amines) is 2. The largest absolute Gasteiger partial charge is 0.478 e. The molecule has 2 amide bonds. The van der Waals surface area contributed by atoms with E-state index in [1.165, 1.54) is 29.8 Å². The molecular weight excluding hydrogens is 1830 g/mol. The minimum Gasteiger partial charge on any atom is -0.478 e.